The molecule has 0 aliphatic carbocycles. The van der Waals surface area contributed by atoms with Crippen LogP contribution < -0.4 is 5.32 Å². The van der Waals surface area contributed by atoms with E-state index in [0.29, 0.717) is 5.04 Å². The van der Waals surface area contributed by atoms with Crippen molar-refractivity contribution in [3.63, 3.8) is 0 Å². The average Bonchev–Trinajstić information content (AvgIpc) is 1.99. The molecule has 0 aromatic heterocycles. The third-order valence-electron chi connectivity index (χ3n) is 0.852. The van der Waals surface area contributed by atoms with E-state index in [2.05, 4.69) is 5.32 Å². The highest BCUT2D eigenvalue weighted by Gasteiger charge is 1.89. The molecular formula is C6H10N2OS. The number of carbonyl (C=O) groups is 1. The summed E-state index contributed by atoms with van der Waals surface area (Å²) in [5.74, 6) is -0.182. The summed E-state index contributed by atoms with van der Waals surface area (Å²) in [6.45, 7) is 0. The second kappa shape index (κ2) is 5.05. The average molecular weight is 158 g/mol. The lowest BCUT2D eigenvalue weighted by Gasteiger charge is -1.89. The number of nitrogens with one attached hydrogen (secondary N) is 2. The predicted molar refractivity (Wildman–Crippen MR) is 44.4 cm³/mol. The molecule has 0 radical (unpaired) electrons. The minimum Gasteiger partial charge on any atom is -0.356 e. The van der Waals surface area contributed by atoms with Crippen LogP contribution in [0.2, 0.25) is 0 Å². The van der Waals surface area contributed by atoms with Gasteiger partial charge in [-0.1, -0.05) is 0 Å². The molecule has 56 valence electrons. The molecule has 0 rings (SSSR count). The zero-order valence-electron chi connectivity index (χ0n) is 5.97. The van der Waals surface area contributed by atoms with Gasteiger partial charge in [0.05, 0.1) is 5.04 Å². The van der Waals surface area contributed by atoms with Crippen molar-refractivity contribution in [2.45, 2.75) is 0 Å². The topological polar surface area (TPSA) is 53.0 Å². The minimum absolute atomic E-state index is 0.182. The van der Waals surface area contributed by atoms with Crippen LogP contribution in [-0.4, -0.2) is 24.3 Å². The quantitative estimate of drug-likeness (QED) is 0.352. The van der Waals surface area contributed by atoms with Crippen LogP contribution in [0.3, 0.4) is 0 Å². The van der Waals surface area contributed by atoms with Crippen molar-refractivity contribution in [2.24, 2.45) is 0 Å². The number of rotatable bonds is 2. The summed E-state index contributed by atoms with van der Waals surface area (Å²) in [7, 11) is 1.55. The third kappa shape index (κ3) is 4.14. The van der Waals surface area contributed by atoms with Crippen LogP contribution in [0.5, 0.6) is 0 Å². The molecule has 3 nitrogen and oxygen atoms in total. The third-order valence-corrected chi connectivity index (χ3v) is 1.43. The lowest BCUT2D eigenvalue weighted by atomic mass is 10.5. The summed E-state index contributed by atoms with van der Waals surface area (Å²) >= 11 is 1.29. The molecule has 0 atom stereocenters. The standard InChI is InChI=1S/C6H10N2OS/c1-8-6(9)4-3-5(7)10-2/h3-4,7H,1-2H3,(H,8,9)/b4-3-,7-5?. The normalized spacial score (nSPS) is 9.80. The number of hydrogen-bond acceptors (Lipinski definition) is 3. The highest BCUT2D eigenvalue weighted by Crippen LogP contribution is 1.95. The molecule has 2 N–H and O–H groups in total. The van der Waals surface area contributed by atoms with Crippen molar-refractivity contribution in [3.05, 3.63) is 12.2 Å². The molecule has 0 aromatic carbocycles. The van der Waals surface area contributed by atoms with Gasteiger partial charge in [-0.2, -0.15) is 0 Å². The van der Waals surface area contributed by atoms with E-state index in [-0.39, 0.29) is 5.91 Å². The van der Waals surface area contributed by atoms with E-state index in [1.807, 2.05) is 0 Å². The van der Waals surface area contributed by atoms with E-state index < -0.39 is 0 Å². The maximum atomic E-state index is 10.5. The molecule has 1 amide bonds. The van der Waals surface area contributed by atoms with Gasteiger partial charge in [-0.25, -0.2) is 0 Å². The Morgan fingerprint density at radius 3 is 2.60 bits per heavy atom. The van der Waals surface area contributed by atoms with Crippen molar-refractivity contribution in [3.8, 4) is 0 Å². The molecule has 0 fully saturated rings. The van der Waals surface area contributed by atoms with Gasteiger partial charge >= 0.3 is 0 Å². The monoisotopic (exact) mass is 158 g/mol. The van der Waals surface area contributed by atoms with Gasteiger partial charge in [0.1, 0.15) is 0 Å². The van der Waals surface area contributed by atoms with Crippen LogP contribution in [0, 0.1) is 5.41 Å². The SMILES string of the molecule is CNC(=O)/C=C\C(=N)SC. The van der Waals surface area contributed by atoms with E-state index in [0.717, 1.165) is 0 Å². The number of amides is 1. The second-order valence-corrected chi connectivity index (χ2v) is 2.36. The van der Waals surface area contributed by atoms with Crippen molar-refractivity contribution in [1.29, 1.82) is 5.41 Å². The van der Waals surface area contributed by atoms with E-state index >= 15 is 0 Å². The Morgan fingerprint density at radius 1 is 1.60 bits per heavy atom. The van der Waals surface area contributed by atoms with Gasteiger partial charge < -0.3 is 5.32 Å². The first-order valence-electron chi connectivity index (χ1n) is 2.73. The Balaban J connectivity index is 3.75. The summed E-state index contributed by atoms with van der Waals surface area (Å²) in [5.41, 5.74) is 0. The fraction of sp³-hybridized carbons (Fsp3) is 0.333. The molecule has 0 aliphatic rings. The molecule has 0 saturated heterocycles. The van der Waals surface area contributed by atoms with Gasteiger partial charge in [0.15, 0.2) is 0 Å². The van der Waals surface area contributed by atoms with Crippen LogP contribution in [-0.2, 0) is 4.79 Å². The van der Waals surface area contributed by atoms with Crippen molar-refractivity contribution >= 4 is 22.7 Å². The van der Waals surface area contributed by atoms with Gasteiger partial charge in [-0.05, 0) is 12.3 Å². The summed E-state index contributed by atoms with van der Waals surface area (Å²) in [6, 6.07) is 0. The smallest absolute Gasteiger partial charge is 0.243 e. The summed E-state index contributed by atoms with van der Waals surface area (Å²) in [5, 5.41) is 9.89. The zero-order chi connectivity index (χ0) is 7.98. The molecule has 0 bridgehead atoms. The number of hydrogen-bond donors (Lipinski definition) is 2. The fourth-order valence-corrected chi connectivity index (χ4v) is 0.507. The largest absolute Gasteiger partial charge is 0.356 e. The predicted octanol–water partition coefficient (Wildman–Crippen LogP) is 0.629. The van der Waals surface area contributed by atoms with Crippen molar-refractivity contribution in [2.75, 3.05) is 13.3 Å². The Kier molecular flexibility index (Phi) is 4.66. The molecule has 10 heavy (non-hydrogen) atoms. The van der Waals surface area contributed by atoms with Crippen LogP contribution in [0.4, 0.5) is 0 Å². The molecule has 0 aliphatic heterocycles. The Morgan fingerprint density at radius 2 is 2.20 bits per heavy atom. The van der Waals surface area contributed by atoms with E-state index in [1.165, 1.54) is 23.9 Å². The lowest BCUT2D eigenvalue weighted by molar-refractivity contribution is -0.116. The second-order valence-electron chi connectivity index (χ2n) is 1.52. The number of carbonyl (C=O) groups excluding carboxylic acids is 1. The highest BCUT2D eigenvalue weighted by atomic mass is 32.2. The number of thioether (sulfide) groups is 1. The Hall–Kier alpha value is -0.770. The van der Waals surface area contributed by atoms with Crippen molar-refractivity contribution < 1.29 is 4.79 Å². The first kappa shape index (κ1) is 9.23. The first-order chi connectivity index (χ1) is 4.70. The summed E-state index contributed by atoms with van der Waals surface area (Å²) < 4.78 is 0. The van der Waals surface area contributed by atoms with E-state index in [9.17, 15) is 4.79 Å². The van der Waals surface area contributed by atoms with Crippen molar-refractivity contribution in [1.82, 2.24) is 5.32 Å². The van der Waals surface area contributed by atoms with Gasteiger partial charge in [0, 0.05) is 13.1 Å². The lowest BCUT2D eigenvalue weighted by Crippen LogP contribution is -2.14. The summed E-state index contributed by atoms with van der Waals surface area (Å²) in [4.78, 5) is 10.5. The van der Waals surface area contributed by atoms with Gasteiger partial charge in [-0.3, -0.25) is 10.2 Å². The summed E-state index contributed by atoms with van der Waals surface area (Å²) in [6.07, 6.45) is 4.58. The van der Waals surface area contributed by atoms with Crippen LogP contribution in [0.25, 0.3) is 0 Å². The molecule has 0 aromatic rings. The molecule has 0 unspecified atom stereocenters. The molecule has 4 heteroatoms. The highest BCUT2D eigenvalue weighted by molar-refractivity contribution is 8.13. The molecule has 0 saturated carbocycles. The van der Waals surface area contributed by atoms with Crippen LogP contribution in [0.15, 0.2) is 12.2 Å². The maximum Gasteiger partial charge on any atom is 0.243 e. The van der Waals surface area contributed by atoms with Gasteiger partial charge in [0.2, 0.25) is 5.91 Å². The van der Waals surface area contributed by atoms with Gasteiger partial charge in [-0.15, -0.1) is 11.8 Å². The molecule has 0 heterocycles. The molecular weight excluding hydrogens is 148 g/mol. The Bertz CT molecular complexity index is 147. The minimum atomic E-state index is -0.182. The van der Waals surface area contributed by atoms with E-state index in [1.54, 1.807) is 13.3 Å². The van der Waals surface area contributed by atoms with Crippen LogP contribution in [0.1, 0.15) is 0 Å². The number of likely N-dealkylation sites (N-methyl/N-ethyl adjacent to an activating group) is 1. The van der Waals surface area contributed by atoms with Gasteiger partial charge in [0.25, 0.3) is 0 Å². The molecule has 0 spiro atoms. The van der Waals surface area contributed by atoms with E-state index in [4.69, 9.17) is 5.41 Å². The van der Waals surface area contributed by atoms with Crippen LogP contribution >= 0.6 is 11.8 Å². The maximum absolute atomic E-state index is 10.5. The zero-order valence-corrected chi connectivity index (χ0v) is 6.79. The first-order valence-corrected chi connectivity index (χ1v) is 3.95. The Labute approximate surface area is 64.4 Å². The fourth-order valence-electron chi connectivity index (χ4n) is 0.303.